The molecule has 0 aliphatic carbocycles. The highest BCUT2D eigenvalue weighted by Crippen LogP contribution is 2.22. The number of rotatable bonds is 3. The summed E-state index contributed by atoms with van der Waals surface area (Å²) in [5, 5.41) is 0. The summed E-state index contributed by atoms with van der Waals surface area (Å²) >= 11 is 6.28. The van der Waals surface area contributed by atoms with Crippen LogP contribution in [-0.2, 0) is 17.1 Å². The Morgan fingerprint density at radius 2 is 2.11 bits per heavy atom. The first-order valence-electron chi connectivity index (χ1n) is 4.71. The zero-order valence-electron chi connectivity index (χ0n) is 9.13. The van der Waals surface area contributed by atoms with E-state index in [1.165, 1.54) is 18.5 Å². The molecule has 0 fully saturated rings. The Morgan fingerprint density at radius 1 is 1.39 bits per heavy atom. The summed E-state index contributed by atoms with van der Waals surface area (Å²) in [5.74, 6) is 0.141. The monoisotopic (exact) mass is 394 g/mol. The second-order valence-corrected chi connectivity index (χ2v) is 6.70. The van der Waals surface area contributed by atoms with Gasteiger partial charge in [-0.1, -0.05) is 0 Å². The van der Waals surface area contributed by atoms with Crippen molar-refractivity contribution in [2.75, 3.05) is 4.72 Å². The van der Waals surface area contributed by atoms with Gasteiger partial charge in [-0.05, 0) is 37.9 Å². The van der Waals surface area contributed by atoms with E-state index < -0.39 is 10.0 Å². The first-order valence-corrected chi connectivity index (χ1v) is 7.78. The van der Waals surface area contributed by atoms with Crippen LogP contribution in [0, 0.1) is 0 Å². The fourth-order valence-corrected chi connectivity index (χ4v) is 3.35. The van der Waals surface area contributed by atoms with Gasteiger partial charge in [0.1, 0.15) is 9.50 Å². The molecule has 0 radical (unpaired) electrons. The molecule has 0 amide bonds. The highest BCUT2D eigenvalue weighted by Gasteiger charge is 2.17. The van der Waals surface area contributed by atoms with Gasteiger partial charge in [-0.15, -0.1) is 0 Å². The van der Waals surface area contributed by atoms with E-state index >= 15 is 0 Å². The molecule has 0 aliphatic rings. The summed E-state index contributed by atoms with van der Waals surface area (Å²) in [4.78, 5) is 8.11. The lowest BCUT2D eigenvalue weighted by Gasteiger charge is -2.06. The maximum absolute atomic E-state index is 12.0. The van der Waals surface area contributed by atoms with Crippen LogP contribution in [0.4, 0.5) is 5.82 Å². The molecule has 0 aliphatic heterocycles. The van der Waals surface area contributed by atoms with Gasteiger partial charge in [0.15, 0.2) is 10.4 Å². The Morgan fingerprint density at radius 3 is 2.67 bits per heavy atom. The zero-order valence-corrected chi connectivity index (χ0v) is 13.1. The smallest absolute Gasteiger partial charge is 0.264 e. The summed E-state index contributed by atoms with van der Waals surface area (Å²) < 4.78 is 28.9. The number of hydrogen-bond acceptors (Lipinski definition) is 4. The quantitative estimate of drug-likeness (QED) is 0.863. The van der Waals surface area contributed by atoms with Crippen molar-refractivity contribution in [2.45, 2.75) is 4.90 Å². The van der Waals surface area contributed by atoms with E-state index in [4.69, 9.17) is 0 Å². The Balaban J connectivity index is 2.33. The molecule has 0 unspecified atom stereocenters. The fourth-order valence-electron chi connectivity index (χ4n) is 1.24. The lowest BCUT2D eigenvalue weighted by Crippen LogP contribution is -2.14. The minimum atomic E-state index is -3.65. The molecule has 96 valence electrons. The lowest BCUT2D eigenvalue weighted by atomic mass is 10.7. The largest absolute Gasteiger partial charge is 0.356 e. The number of aryl methyl sites for hydroxylation is 1. The van der Waals surface area contributed by atoms with Crippen LogP contribution in [-0.4, -0.2) is 23.0 Å². The lowest BCUT2D eigenvalue weighted by molar-refractivity contribution is 0.600. The maximum Gasteiger partial charge on any atom is 0.264 e. The second-order valence-electron chi connectivity index (χ2n) is 3.45. The number of aromatic nitrogens is 3. The molecule has 2 heterocycles. The molecule has 6 nitrogen and oxygen atoms in total. The first-order chi connectivity index (χ1) is 8.38. The topological polar surface area (TPSA) is 76.9 Å². The Labute approximate surface area is 121 Å². The summed E-state index contributed by atoms with van der Waals surface area (Å²) in [5.41, 5.74) is 0. The molecule has 2 aromatic rings. The minimum Gasteiger partial charge on any atom is -0.356 e. The molecule has 0 saturated carbocycles. The van der Waals surface area contributed by atoms with Crippen LogP contribution in [0.25, 0.3) is 0 Å². The molecule has 0 aromatic carbocycles. The fraction of sp³-hybridized carbons (Fsp3) is 0.111. The van der Waals surface area contributed by atoms with Crippen molar-refractivity contribution < 1.29 is 8.42 Å². The van der Waals surface area contributed by atoms with Crippen molar-refractivity contribution in [2.24, 2.45) is 7.05 Å². The van der Waals surface area contributed by atoms with Crippen LogP contribution >= 0.6 is 31.9 Å². The van der Waals surface area contributed by atoms with Crippen molar-refractivity contribution in [1.29, 1.82) is 0 Å². The number of nitrogens with one attached hydrogen (secondary N) is 1. The Bertz CT molecular complexity index is 684. The molecule has 9 heteroatoms. The van der Waals surface area contributed by atoms with E-state index in [0.717, 1.165) is 0 Å². The summed E-state index contributed by atoms with van der Waals surface area (Å²) in [7, 11) is -1.90. The molecule has 0 saturated heterocycles. The average molecular weight is 396 g/mol. The van der Waals surface area contributed by atoms with Crippen molar-refractivity contribution in [3.05, 3.63) is 33.9 Å². The predicted octanol–water partition coefficient (Wildman–Crippen LogP) is 2.14. The van der Waals surface area contributed by atoms with Gasteiger partial charge in [-0.3, -0.25) is 4.72 Å². The van der Waals surface area contributed by atoms with Crippen LogP contribution < -0.4 is 4.72 Å². The van der Waals surface area contributed by atoms with E-state index in [1.54, 1.807) is 17.8 Å². The van der Waals surface area contributed by atoms with E-state index in [2.05, 4.69) is 46.5 Å². The zero-order chi connectivity index (χ0) is 13.3. The molecule has 2 rings (SSSR count). The normalized spacial score (nSPS) is 11.5. The van der Waals surface area contributed by atoms with Gasteiger partial charge in [0, 0.05) is 19.4 Å². The van der Waals surface area contributed by atoms with E-state index in [0.29, 0.717) is 9.21 Å². The number of hydrogen-bond donors (Lipinski definition) is 1. The SMILES string of the molecule is Cn1ccc(S(=O)(=O)Nc2ncc(Br)nc2Br)c1. The Kier molecular flexibility index (Phi) is 3.74. The van der Waals surface area contributed by atoms with Crippen LogP contribution in [0.1, 0.15) is 0 Å². The number of sulfonamides is 1. The standard InChI is InChI=1S/C9H8Br2N4O2S/c1-15-3-2-6(5-15)18(16,17)14-9-8(11)13-7(10)4-12-9/h2-5H,1H3,(H,12,14). The van der Waals surface area contributed by atoms with Gasteiger partial charge in [0.25, 0.3) is 10.0 Å². The summed E-state index contributed by atoms with van der Waals surface area (Å²) in [6, 6.07) is 1.50. The maximum atomic E-state index is 12.0. The second kappa shape index (κ2) is 4.98. The van der Waals surface area contributed by atoms with Gasteiger partial charge < -0.3 is 4.57 Å². The van der Waals surface area contributed by atoms with Gasteiger partial charge >= 0.3 is 0 Å². The highest BCUT2D eigenvalue weighted by atomic mass is 79.9. The van der Waals surface area contributed by atoms with Crippen molar-refractivity contribution in [3.63, 3.8) is 0 Å². The highest BCUT2D eigenvalue weighted by molar-refractivity contribution is 9.11. The van der Waals surface area contributed by atoms with Gasteiger partial charge in [-0.2, -0.15) is 0 Å². The molecule has 0 atom stereocenters. The van der Waals surface area contributed by atoms with Gasteiger partial charge in [0.05, 0.1) is 6.20 Å². The number of nitrogens with zero attached hydrogens (tertiary/aromatic N) is 3. The number of anilines is 1. The van der Waals surface area contributed by atoms with Crippen LogP contribution in [0.2, 0.25) is 0 Å². The predicted molar refractivity (Wildman–Crippen MR) is 73.7 cm³/mol. The summed E-state index contributed by atoms with van der Waals surface area (Å²) in [6.45, 7) is 0. The molecule has 0 spiro atoms. The van der Waals surface area contributed by atoms with E-state index in [1.807, 2.05) is 0 Å². The third-order valence-electron chi connectivity index (χ3n) is 2.05. The van der Waals surface area contributed by atoms with Crippen molar-refractivity contribution >= 4 is 47.7 Å². The molecule has 18 heavy (non-hydrogen) atoms. The molecular weight excluding hydrogens is 388 g/mol. The third kappa shape index (κ3) is 2.90. The van der Waals surface area contributed by atoms with Gasteiger partial charge in [0.2, 0.25) is 0 Å². The van der Waals surface area contributed by atoms with Crippen LogP contribution in [0.5, 0.6) is 0 Å². The van der Waals surface area contributed by atoms with Crippen LogP contribution in [0.15, 0.2) is 38.8 Å². The van der Waals surface area contributed by atoms with Crippen LogP contribution in [0.3, 0.4) is 0 Å². The van der Waals surface area contributed by atoms with E-state index in [-0.39, 0.29) is 10.7 Å². The molecule has 1 N–H and O–H groups in total. The molecule has 2 aromatic heterocycles. The first kappa shape index (κ1) is 13.5. The Hall–Kier alpha value is -0.930. The minimum absolute atomic E-state index is 0.141. The summed E-state index contributed by atoms with van der Waals surface area (Å²) in [6.07, 6.45) is 4.56. The molecular formula is C9H8Br2N4O2S. The van der Waals surface area contributed by atoms with Crippen molar-refractivity contribution in [1.82, 2.24) is 14.5 Å². The van der Waals surface area contributed by atoms with E-state index in [9.17, 15) is 8.42 Å². The number of halogens is 2. The third-order valence-corrected chi connectivity index (χ3v) is 4.31. The van der Waals surface area contributed by atoms with Crippen molar-refractivity contribution in [3.8, 4) is 0 Å². The average Bonchev–Trinajstić information content (AvgIpc) is 2.70. The van der Waals surface area contributed by atoms with Gasteiger partial charge in [-0.25, -0.2) is 18.4 Å². The molecule has 0 bridgehead atoms.